The molecule has 1 aliphatic rings. The van der Waals surface area contributed by atoms with Crippen LogP contribution < -0.4 is 4.74 Å². The SMILES string of the molecule is COc1ccccc1CN1CCC(N(C)CC#N)C1. The summed E-state index contributed by atoms with van der Waals surface area (Å²) in [5.41, 5.74) is 1.23. The monoisotopic (exact) mass is 259 g/mol. The van der Waals surface area contributed by atoms with Crippen LogP contribution in [0.15, 0.2) is 24.3 Å². The standard InChI is InChI=1S/C15H21N3O/c1-17(10-8-16)14-7-9-18(12-14)11-13-5-3-4-6-15(13)19-2/h3-6,14H,7,9-12H2,1-2H3. The summed E-state index contributed by atoms with van der Waals surface area (Å²) in [5, 5.41) is 8.74. The Bertz CT molecular complexity index is 455. The van der Waals surface area contributed by atoms with Crippen LogP contribution in [-0.4, -0.2) is 49.6 Å². The van der Waals surface area contributed by atoms with Crippen LogP contribution in [-0.2, 0) is 6.54 Å². The molecule has 1 aliphatic heterocycles. The molecule has 0 bridgehead atoms. The van der Waals surface area contributed by atoms with Gasteiger partial charge in [-0.2, -0.15) is 5.26 Å². The Morgan fingerprint density at radius 1 is 1.47 bits per heavy atom. The molecular formula is C15H21N3O. The lowest BCUT2D eigenvalue weighted by Crippen LogP contribution is -2.34. The Hall–Kier alpha value is -1.57. The molecule has 19 heavy (non-hydrogen) atoms. The zero-order valence-corrected chi connectivity index (χ0v) is 11.7. The molecule has 1 atom stereocenters. The Balaban J connectivity index is 1.93. The summed E-state index contributed by atoms with van der Waals surface area (Å²) in [5.74, 6) is 0.955. The summed E-state index contributed by atoms with van der Waals surface area (Å²) in [6.07, 6.45) is 1.13. The fourth-order valence-corrected chi connectivity index (χ4v) is 2.63. The summed E-state index contributed by atoms with van der Waals surface area (Å²) in [6, 6.07) is 10.9. The highest BCUT2D eigenvalue weighted by Crippen LogP contribution is 2.22. The van der Waals surface area contributed by atoms with Gasteiger partial charge in [-0.05, 0) is 19.5 Å². The molecule has 0 aliphatic carbocycles. The molecule has 0 saturated carbocycles. The zero-order valence-electron chi connectivity index (χ0n) is 11.7. The third-order valence-electron chi connectivity index (χ3n) is 3.78. The molecule has 0 spiro atoms. The second-order valence-electron chi connectivity index (χ2n) is 5.06. The number of hydrogen-bond donors (Lipinski definition) is 0. The van der Waals surface area contributed by atoms with Crippen molar-refractivity contribution in [1.82, 2.24) is 9.80 Å². The molecular weight excluding hydrogens is 238 g/mol. The topological polar surface area (TPSA) is 39.5 Å². The largest absolute Gasteiger partial charge is 0.496 e. The van der Waals surface area contributed by atoms with E-state index in [1.54, 1.807) is 7.11 Å². The first-order valence-electron chi connectivity index (χ1n) is 6.66. The van der Waals surface area contributed by atoms with Crippen LogP contribution >= 0.6 is 0 Å². The number of nitrogens with zero attached hydrogens (tertiary/aromatic N) is 3. The first-order chi connectivity index (χ1) is 9.24. The molecule has 102 valence electrons. The number of ether oxygens (including phenoxy) is 1. The number of likely N-dealkylation sites (tertiary alicyclic amines) is 1. The van der Waals surface area contributed by atoms with Crippen LogP contribution in [0.5, 0.6) is 5.75 Å². The summed E-state index contributed by atoms with van der Waals surface area (Å²) in [4.78, 5) is 4.57. The van der Waals surface area contributed by atoms with E-state index in [0.717, 1.165) is 31.8 Å². The van der Waals surface area contributed by atoms with Gasteiger partial charge in [0, 0.05) is 31.2 Å². The molecule has 1 saturated heterocycles. The number of methoxy groups -OCH3 is 1. The second-order valence-corrected chi connectivity index (χ2v) is 5.06. The lowest BCUT2D eigenvalue weighted by molar-refractivity contribution is 0.247. The molecule has 2 rings (SSSR count). The normalized spacial score (nSPS) is 19.6. The molecule has 0 radical (unpaired) electrons. The third-order valence-corrected chi connectivity index (χ3v) is 3.78. The predicted octanol–water partition coefficient (Wildman–Crippen LogP) is 1.72. The Morgan fingerprint density at radius 2 is 2.26 bits per heavy atom. The minimum absolute atomic E-state index is 0.495. The van der Waals surface area contributed by atoms with Crippen molar-refractivity contribution in [3.05, 3.63) is 29.8 Å². The average Bonchev–Trinajstić information content (AvgIpc) is 2.88. The van der Waals surface area contributed by atoms with Crippen molar-refractivity contribution in [1.29, 1.82) is 5.26 Å². The third kappa shape index (κ3) is 3.46. The van der Waals surface area contributed by atoms with Crippen molar-refractivity contribution in [2.24, 2.45) is 0 Å². The van der Waals surface area contributed by atoms with E-state index in [1.807, 2.05) is 25.2 Å². The number of hydrogen-bond acceptors (Lipinski definition) is 4. The number of para-hydroxylation sites is 1. The van der Waals surface area contributed by atoms with Crippen LogP contribution in [0.2, 0.25) is 0 Å². The summed E-state index contributed by atoms with van der Waals surface area (Å²) >= 11 is 0. The maximum absolute atomic E-state index is 8.74. The van der Waals surface area contributed by atoms with Crippen molar-refractivity contribution < 1.29 is 4.74 Å². The molecule has 1 heterocycles. The van der Waals surface area contributed by atoms with E-state index in [4.69, 9.17) is 10.00 Å². The van der Waals surface area contributed by atoms with E-state index >= 15 is 0 Å². The van der Waals surface area contributed by atoms with Crippen LogP contribution in [0, 0.1) is 11.3 Å². The number of benzene rings is 1. The van der Waals surface area contributed by atoms with Crippen LogP contribution in [0.25, 0.3) is 0 Å². The lowest BCUT2D eigenvalue weighted by Gasteiger charge is -2.22. The Morgan fingerprint density at radius 3 is 3.00 bits per heavy atom. The van der Waals surface area contributed by atoms with Crippen LogP contribution in [0.4, 0.5) is 0 Å². The molecule has 1 aromatic carbocycles. The number of nitriles is 1. The van der Waals surface area contributed by atoms with Gasteiger partial charge in [0.25, 0.3) is 0 Å². The van der Waals surface area contributed by atoms with E-state index < -0.39 is 0 Å². The maximum atomic E-state index is 8.74. The lowest BCUT2D eigenvalue weighted by atomic mass is 10.2. The van der Waals surface area contributed by atoms with Crippen molar-refractivity contribution >= 4 is 0 Å². The van der Waals surface area contributed by atoms with Crippen molar-refractivity contribution in [2.45, 2.75) is 19.0 Å². The first kappa shape index (κ1) is 13.9. The van der Waals surface area contributed by atoms with Crippen LogP contribution in [0.3, 0.4) is 0 Å². The summed E-state index contributed by atoms with van der Waals surface area (Å²) in [7, 11) is 3.74. The van der Waals surface area contributed by atoms with Gasteiger partial charge in [-0.1, -0.05) is 18.2 Å². The molecule has 0 amide bonds. The van der Waals surface area contributed by atoms with E-state index in [1.165, 1.54) is 5.56 Å². The van der Waals surface area contributed by atoms with Gasteiger partial charge in [0.05, 0.1) is 19.7 Å². The second kappa shape index (κ2) is 6.55. The van der Waals surface area contributed by atoms with Gasteiger partial charge in [0.1, 0.15) is 5.75 Å². The fourth-order valence-electron chi connectivity index (χ4n) is 2.63. The molecule has 1 aromatic rings. The van der Waals surface area contributed by atoms with Gasteiger partial charge in [0.15, 0.2) is 0 Å². The number of rotatable bonds is 5. The van der Waals surface area contributed by atoms with Crippen molar-refractivity contribution in [3.8, 4) is 11.8 Å². The van der Waals surface area contributed by atoms with Gasteiger partial charge in [-0.25, -0.2) is 0 Å². The minimum atomic E-state index is 0.495. The maximum Gasteiger partial charge on any atom is 0.123 e. The Kier molecular flexibility index (Phi) is 4.78. The molecule has 1 fully saturated rings. The zero-order chi connectivity index (χ0) is 13.7. The van der Waals surface area contributed by atoms with Gasteiger partial charge in [-0.3, -0.25) is 9.80 Å². The highest BCUT2D eigenvalue weighted by atomic mass is 16.5. The van der Waals surface area contributed by atoms with E-state index in [2.05, 4.69) is 21.9 Å². The Labute approximate surface area is 115 Å². The van der Waals surface area contributed by atoms with E-state index in [0.29, 0.717) is 12.6 Å². The molecule has 1 unspecified atom stereocenters. The average molecular weight is 259 g/mol. The molecule has 0 N–H and O–H groups in total. The number of likely N-dealkylation sites (N-methyl/N-ethyl adjacent to an activating group) is 1. The van der Waals surface area contributed by atoms with E-state index in [9.17, 15) is 0 Å². The van der Waals surface area contributed by atoms with Gasteiger partial charge in [0.2, 0.25) is 0 Å². The quantitative estimate of drug-likeness (QED) is 0.755. The summed E-state index contributed by atoms with van der Waals surface area (Å²) in [6.45, 7) is 3.53. The summed E-state index contributed by atoms with van der Waals surface area (Å²) < 4.78 is 5.39. The predicted molar refractivity (Wildman–Crippen MR) is 74.9 cm³/mol. The highest BCUT2D eigenvalue weighted by molar-refractivity contribution is 5.33. The highest BCUT2D eigenvalue weighted by Gasteiger charge is 2.25. The fraction of sp³-hybridized carbons (Fsp3) is 0.533. The molecule has 0 aromatic heterocycles. The molecule has 4 nitrogen and oxygen atoms in total. The van der Waals surface area contributed by atoms with E-state index in [-0.39, 0.29) is 0 Å². The van der Waals surface area contributed by atoms with Gasteiger partial charge in [-0.15, -0.1) is 0 Å². The van der Waals surface area contributed by atoms with Gasteiger partial charge >= 0.3 is 0 Å². The van der Waals surface area contributed by atoms with Crippen molar-refractivity contribution in [3.63, 3.8) is 0 Å². The van der Waals surface area contributed by atoms with Crippen LogP contribution in [0.1, 0.15) is 12.0 Å². The molecule has 4 heteroatoms. The van der Waals surface area contributed by atoms with Crippen molar-refractivity contribution in [2.75, 3.05) is 33.8 Å². The minimum Gasteiger partial charge on any atom is -0.496 e. The van der Waals surface area contributed by atoms with Gasteiger partial charge < -0.3 is 4.74 Å². The first-order valence-corrected chi connectivity index (χ1v) is 6.66. The smallest absolute Gasteiger partial charge is 0.123 e.